The van der Waals surface area contributed by atoms with Crippen LogP contribution < -0.4 is 14.4 Å². The maximum absolute atomic E-state index is 12.8. The van der Waals surface area contributed by atoms with Gasteiger partial charge in [-0.2, -0.15) is 0 Å². The average Bonchev–Trinajstić information content (AvgIpc) is 2.98. The lowest BCUT2D eigenvalue weighted by Gasteiger charge is -2.30. The SMILES string of the molecule is CCOC(=O)C(Cc1ccc(OCCN2C(=O)COc3ccc(C(=NOC)c4ccccc4)cc32)cc1)OCC. The molecule has 9 heteroatoms. The number of esters is 1. The topological polar surface area (TPSA) is 95.9 Å². The minimum atomic E-state index is -0.648. The van der Waals surface area contributed by atoms with Crippen LogP contribution in [0.5, 0.6) is 11.5 Å². The van der Waals surface area contributed by atoms with Crippen molar-refractivity contribution in [3.8, 4) is 11.5 Å². The molecule has 0 N–H and O–H groups in total. The number of fused-ring (bicyclic) bond motifs is 1. The van der Waals surface area contributed by atoms with E-state index < -0.39 is 6.10 Å². The molecule has 1 atom stereocenters. The number of amides is 1. The molecule has 4 rings (SSSR count). The number of anilines is 1. The summed E-state index contributed by atoms with van der Waals surface area (Å²) in [4.78, 5) is 31.7. The van der Waals surface area contributed by atoms with E-state index in [9.17, 15) is 9.59 Å². The smallest absolute Gasteiger partial charge is 0.335 e. The van der Waals surface area contributed by atoms with Crippen molar-refractivity contribution in [2.75, 3.05) is 45.0 Å². The van der Waals surface area contributed by atoms with Crippen molar-refractivity contribution in [1.29, 1.82) is 0 Å². The van der Waals surface area contributed by atoms with Crippen LogP contribution in [0, 0.1) is 0 Å². The van der Waals surface area contributed by atoms with E-state index in [0.717, 1.165) is 16.7 Å². The number of carbonyl (C=O) groups is 2. The summed E-state index contributed by atoms with van der Waals surface area (Å²) in [5.74, 6) is 0.742. The van der Waals surface area contributed by atoms with Crippen molar-refractivity contribution in [3.05, 3.63) is 89.5 Å². The van der Waals surface area contributed by atoms with Crippen molar-refractivity contribution in [2.45, 2.75) is 26.4 Å². The molecule has 1 aliphatic rings. The Hall–Kier alpha value is -4.37. The van der Waals surface area contributed by atoms with Gasteiger partial charge in [0.05, 0.1) is 18.8 Å². The monoisotopic (exact) mass is 546 g/mol. The van der Waals surface area contributed by atoms with Crippen molar-refractivity contribution in [3.63, 3.8) is 0 Å². The number of hydrogen-bond donors (Lipinski definition) is 0. The summed E-state index contributed by atoms with van der Waals surface area (Å²) < 4.78 is 22.3. The Morgan fingerprint density at radius 1 is 1.00 bits per heavy atom. The Balaban J connectivity index is 1.43. The number of hydrogen-bond acceptors (Lipinski definition) is 8. The quantitative estimate of drug-likeness (QED) is 0.178. The van der Waals surface area contributed by atoms with Gasteiger partial charge in [-0.05, 0) is 49.7 Å². The molecule has 1 aliphatic heterocycles. The van der Waals surface area contributed by atoms with Crippen LogP contribution in [0.4, 0.5) is 5.69 Å². The Kier molecular flexibility index (Phi) is 10.1. The second kappa shape index (κ2) is 14.1. The largest absolute Gasteiger partial charge is 0.492 e. The number of carbonyl (C=O) groups excluding carboxylic acids is 2. The predicted octanol–water partition coefficient (Wildman–Crippen LogP) is 4.40. The number of oxime groups is 1. The zero-order chi connectivity index (χ0) is 28.3. The molecule has 0 aliphatic carbocycles. The third kappa shape index (κ3) is 7.18. The van der Waals surface area contributed by atoms with E-state index in [2.05, 4.69) is 5.16 Å². The van der Waals surface area contributed by atoms with E-state index in [-0.39, 0.29) is 25.1 Å². The van der Waals surface area contributed by atoms with Crippen LogP contribution in [0.25, 0.3) is 0 Å². The molecule has 9 nitrogen and oxygen atoms in total. The van der Waals surface area contributed by atoms with Crippen molar-refractivity contribution < 1.29 is 33.4 Å². The highest BCUT2D eigenvalue weighted by molar-refractivity contribution is 6.13. The van der Waals surface area contributed by atoms with E-state index >= 15 is 0 Å². The van der Waals surface area contributed by atoms with Gasteiger partial charge < -0.3 is 28.7 Å². The normalized spacial score (nSPS) is 13.7. The van der Waals surface area contributed by atoms with Gasteiger partial charge in [0.1, 0.15) is 30.9 Å². The first kappa shape index (κ1) is 28.6. The van der Waals surface area contributed by atoms with Crippen LogP contribution in [0.3, 0.4) is 0 Å². The highest BCUT2D eigenvalue weighted by Gasteiger charge is 2.27. The van der Waals surface area contributed by atoms with Crippen LogP contribution in [0.1, 0.15) is 30.5 Å². The minimum Gasteiger partial charge on any atom is -0.492 e. The Labute approximate surface area is 234 Å². The van der Waals surface area contributed by atoms with Gasteiger partial charge in [0.15, 0.2) is 12.7 Å². The molecule has 1 amide bonds. The average molecular weight is 547 g/mol. The molecule has 3 aromatic carbocycles. The van der Waals surface area contributed by atoms with Crippen LogP contribution in [0.2, 0.25) is 0 Å². The molecule has 0 aromatic heterocycles. The molecule has 3 aromatic rings. The molecule has 0 spiro atoms. The first-order valence-electron chi connectivity index (χ1n) is 13.3. The molecule has 210 valence electrons. The van der Waals surface area contributed by atoms with Gasteiger partial charge in [-0.3, -0.25) is 4.79 Å². The zero-order valence-corrected chi connectivity index (χ0v) is 23.0. The fourth-order valence-electron chi connectivity index (χ4n) is 4.39. The van der Waals surface area contributed by atoms with Crippen molar-refractivity contribution in [1.82, 2.24) is 0 Å². The summed E-state index contributed by atoms with van der Waals surface area (Å²) in [5.41, 5.74) is 3.90. The van der Waals surface area contributed by atoms with Crippen LogP contribution in [-0.2, 0) is 30.3 Å². The Bertz CT molecular complexity index is 1310. The van der Waals surface area contributed by atoms with Gasteiger partial charge in [0.2, 0.25) is 0 Å². The fourth-order valence-corrected chi connectivity index (χ4v) is 4.39. The molecule has 1 heterocycles. The third-order valence-electron chi connectivity index (χ3n) is 6.25. The summed E-state index contributed by atoms with van der Waals surface area (Å²) in [6, 6.07) is 22.8. The first-order chi connectivity index (χ1) is 19.5. The molecule has 0 saturated carbocycles. The second-order valence-electron chi connectivity index (χ2n) is 8.90. The van der Waals surface area contributed by atoms with E-state index in [4.69, 9.17) is 23.8 Å². The number of benzene rings is 3. The number of ether oxygens (including phenoxy) is 4. The molecule has 0 radical (unpaired) electrons. The van der Waals surface area contributed by atoms with Crippen molar-refractivity contribution >= 4 is 23.3 Å². The van der Waals surface area contributed by atoms with Gasteiger partial charge in [-0.1, -0.05) is 47.6 Å². The Morgan fingerprint density at radius 3 is 2.48 bits per heavy atom. The highest BCUT2D eigenvalue weighted by Crippen LogP contribution is 2.33. The highest BCUT2D eigenvalue weighted by atomic mass is 16.6. The lowest BCUT2D eigenvalue weighted by atomic mass is 10.0. The standard InChI is InChI=1S/C31H34N2O7/c1-4-37-28(31(35)38-5-2)19-22-11-14-25(15-12-22)39-18-17-33-26-20-24(13-16-27(26)40-21-29(33)34)30(32-36-3)23-9-7-6-8-10-23/h6-16,20,28H,4-5,17-19,21H2,1-3H3. The van der Waals surface area contributed by atoms with Crippen LogP contribution in [0.15, 0.2) is 78.0 Å². The minimum absolute atomic E-state index is 0.0415. The van der Waals surface area contributed by atoms with E-state index in [0.29, 0.717) is 49.1 Å². The molecule has 0 saturated heterocycles. The molecular formula is C31H34N2O7. The predicted molar refractivity (Wildman–Crippen MR) is 151 cm³/mol. The second-order valence-corrected chi connectivity index (χ2v) is 8.90. The zero-order valence-electron chi connectivity index (χ0n) is 23.0. The van der Waals surface area contributed by atoms with Crippen LogP contribution in [-0.4, -0.2) is 63.8 Å². The van der Waals surface area contributed by atoms with Crippen LogP contribution >= 0.6 is 0 Å². The first-order valence-corrected chi connectivity index (χ1v) is 13.3. The lowest BCUT2D eigenvalue weighted by molar-refractivity contribution is -0.156. The molecule has 0 fully saturated rings. The maximum atomic E-state index is 12.8. The van der Waals surface area contributed by atoms with Gasteiger partial charge in [-0.15, -0.1) is 0 Å². The summed E-state index contributed by atoms with van der Waals surface area (Å²) >= 11 is 0. The van der Waals surface area contributed by atoms with Gasteiger partial charge in [0.25, 0.3) is 5.91 Å². The van der Waals surface area contributed by atoms with E-state index in [1.165, 1.54) is 7.11 Å². The Morgan fingerprint density at radius 2 is 1.77 bits per heavy atom. The van der Waals surface area contributed by atoms with Crippen molar-refractivity contribution in [2.24, 2.45) is 5.16 Å². The summed E-state index contributed by atoms with van der Waals surface area (Å²) in [7, 11) is 1.50. The van der Waals surface area contributed by atoms with E-state index in [1.807, 2.05) is 79.7 Å². The molecule has 1 unspecified atom stereocenters. The summed E-state index contributed by atoms with van der Waals surface area (Å²) in [5, 5.41) is 4.23. The number of nitrogens with zero attached hydrogens (tertiary/aromatic N) is 2. The fraction of sp³-hybridized carbons (Fsp3) is 0.323. The lowest BCUT2D eigenvalue weighted by Crippen LogP contribution is -2.41. The summed E-state index contributed by atoms with van der Waals surface area (Å²) in [6.45, 7) is 4.91. The maximum Gasteiger partial charge on any atom is 0.335 e. The molecule has 40 heavy (non-hydrogen) atoms. The third-order valence-corrected chi connectivity index (χ3v) is 6.25. The number of rotatable bonds is 13. The van der Waals surface area contributed by atoms with Gasteiger partial charge in [-0.25, -0.2) is 4.79 Å². The van der Waals surface area contributed by atoms with Gasteiger partial charge >= 0.3 is 5.97 Å². The molecular weight excluding hydrogens is 512 g/mol. The van der Waals surface area contributed by atoms with Gasteiger partial charge in [0, 0.05) is 24.2 Å². The molecule has 0 bridgehead atoms. The van der Waals surface area contributed by atoms with E-state index in [1.54, 1.807) is 11.8 Å². The summed E-state index contributed by atoms with van der Waals surface area (Å²) in [6.07, 6.45) is -0.239.